The van der Waals surface area contributed by atoms with Crippen LogP contribution in [0.3, 0.4) is 0 Å². The Morgan fingerprint density at radius 3 is 2.45 bits per heavy atom. The molecule has 0 bridgehead atoms. The van der Waals surface area contributed by atoms with E-state index in [2.05, 4.69) is 34.9 Å². The molecule has 0 saturated carbocycles. The summed E-state index contributed by atoms with van der Waals surface area (Å²) in [5, 5.41) is 0. The molecule has 1 fully saturated rings. The van der Waals surface area contributed by atoms with Gasteiger partial charge in [-0.2, -0.15) is 0 Å². The van der Waals surface area contributed by atoms with Crippen LogP contribution in [0.1, 0.15) is 25.0 Å². The molecule has 2 aromatic rings. The molecule has 1 atom stereocenters. The number of benzene rings is 2. The number of rotatable bonds is 8. The molecule has 0 spiro atoms. The van der Waals surface area contributed by atoms with Gasteiger partial charge in [-0.3, -0.25) is 14.6 Å². The van der Waals surface area contributed by atoms with Gasteiger partial charge in [-0.05, 0) is 49.1 Å². The molecule has 2 aliphatic heterocycles. The van der Waals surface area contributed by atoms with Crippen molar-refractivity contribution in [2.75, 3.05) is 57.9 Å². The highest BCUT2D eigenvalue weighted by Crippen LogP contribution is 2.29. The molecule has 0 radical (unpaired) electrons. The van der Waals surface area contributed by atoms with Gasteiger partial charge in [0.1, 0.15) is 6.61 Å². The molecule has 0 N–H and O–H groups in total. The molecule has 0 aliphatic carbocycles. The Morgan fingerprint density at radius 2 is 1.76 bits per heavy atom. The van der Waals surface area contributed by atoms with Crippen molar-refractivity contribution in [3.8, 4) is 11.5 Å². The summed E-state index contributed by atoms with van der Waals surface area (Å²) in [5.74, 6) is 1.73. The summed E-state index contributed by atoms with van der Waals surface area (Å²) in [6, 6.07) is 14.9. The normalized spacial score (nSPS) is 17.2. The number of para-hydroxylation sites is 2. The minimum atomic E-state index is 0. The second kappa shape index (κ2) is 11.7. The predicted octanol–water partition coefficient (Wildman–Crippen LogP) is 3.65. The van der Waals surface area contributed by atoms with Crippen LogP contribution in [-0.2, 0) is 17.6 Å². The highest BCUT2D eigenvalue weighted by atomic mass is 35.5. The number of carbonyl (C=O) groups is 1. The van der Waals surface area contributed by atoms with Crippen LogP contribution in [0, 0.1) is 0 Å². The van der Waals surface area contributed by atoms with Crippen LogP contribution in [0.5, 0.6) is 11.5 Å². The maximum Gasteiger partial charge on any atom is 0.223 e. The lowest BCUT2D eigenvalue weighted by Gasteiger charge is -2.38. The minimum Gasteiger partial charge on any atom is -0.493 e. The fourth-order valence-corrected chi connectivity index (χ4v) is 4.83. The third-order valence-electron chi connectivity index (χ3n) is 6.72. The van der Waals surface area contributed by atoms with Crippen molar-refractivity contribution >= 4 is 24.0 Å². The van der Waals surface area contributed by atoms with Crippen LogP contribution in [0.15, 0.2) is 42.5 Å². The van der Waals surface area contributed by atoms with Crippen molar-refractivity contribution in [3.63, 3.8) is 0 Å². The van der Waals surface area contributed by atoms with E-state index >= 15 is 0 Å². The average Bonchev–Trinajstić information content (AvgIpc) is 3.23. The lowest BCUT2D eigenvalue weighted by Crippen LogP contribution is -2.50. The second-order valence-corrected chi connectivity index (χ2v) is 8.81. The van der Waals surface area contributed by atoms with Gasteiger partial charge in [0.05, 0.1) is 7.11 Å². The monoisotopic (exact) mass is 473 g/mol. The lowest BCUT2D eigenvalue weighted by molar-refractivity contribution is -0.116. The van der Waals surface area contributed by atoms with Gasteiger partial charge in [-0.1, -0.05) is 24.3 Å². The van der Waals surface area contributed by atoms with Gasteiger partial charge in [-0.25, -0.2) is 0 Å². The van der Waals surface area contributed by atoms with Crippen molar-refractivity contribution in [2.24, 2.45) is 0 Å². The lowest BCUT2D eigenvalue weighted by atomic mass is 10.0. The highest BCUT2D eigenvalue weighted by molar-refractivity contribution is 5.93. The highest BCUT2D eigenvalue weighted by Gasteiger charge is 2.24. The first-order valence-corrected chi connectivity index (χ1v) is 11.7. The minimum absolute atomic E-state index is 0. The third-order valence-corrected chi connectivity index (χ3v) is 6.72. The Kier molecular flexibility index (Phi) is 9.01. The molecule has 2 heterocycles. The Labute approximate surface area is 203 Å². The largest absolute Gasteiger partial charge is 0.493 e. The first-order chi connectivity index (χ1) is 15.5. The fourth-order valence-electron chi connectivity index (χ4n) is 4.83. The van der Waals surface area contributed by atoms with Gasteiger partial charge in [0.15, 0.2) is 11.5 Å². The molecule has 180 valence electrons. The Hall–Kier alpha value is -2.28. The summed E-state index contributed by atoms with van der Waals surface area (Å²) in [4.78, 5) is 18.7. The van der Waals surface area contributed by atoms with Crippen molar-refractivity contribution in [3.05, 3.63) is 53.6 Å². The van der Waals surface area contributed by atoms with Crippen LogP contribution in [0.2, 0.25) is 0 Å². The van der Waals surface area contributed by atoms with Crippen LogP contribution in [-0.4, -0.2) is 74.7 Å². The summed E-state index contributed by atoms with van der Waals surface area (Å²) in [6.45, 7) is 10.7. The average molecular weight is 474 g/mol. The van der Waals surface area contributed by atoms with E-state index in [-0.39, 0.29) is 18.3 Å². The Balaban J connectivity index is 0.00000306. The Bertz CT molecular complexity index is 931. The number of piperazine rings is 1. The van der Waals surface area contributed by atoms with Crippen LogP contribution >= 0.6 is 12.4 Å². The Morgan fingerprint density at radius 1 is 1.03 bits per heavy atom. The number of nitrogens with zero attached hydrogens (tertiary/aromatic N) is 3. The molecule has 2 aliphatic rings. The SMILES string of the molecule is COc1ccccc1OCCN1CCN(C(C)Cc2ccc3c(c2)CCN3C(C)=O)CC1.Cl. The summed E-state index contributed by atoms with van der Waals surface area (Å²) in [7, 11) is 1.67. The number of anilines is 1. The van der Waals surface area contributed by atoms with E-state index in [0.29, 0.717) is 12.6 Å². The smallest absolute Gasteiger partial charge is 0.223 e. The van der Waals surface area contributed by atoms with Gasteiger partial charge in [0.25, 0.3) is 0 Å². The van der Waals surface area contributed by atoms with Gasteiger partial charge in [0.2, 0.25) is 5.91 Å². The molecule has 7 heteroatoms. The van der Waals surface area contributed by atoms with E-state index in [1.807, 2.05) is 29.2 Å². The summed E-state index contributed by atoms with van der Waals surface area (Å²) < 4.78 is 11.3. The first-order valence-electron chi connectivity index (χ1n) is 11.7. The van der Waals surface area contributed by atoms with Crippen LogP contribution in [0.4, 0.5) is 5.69 Å². The van der Waals surface area contributed by atoms with E-state index in [0.717, 1.165) is 69.3 Å². The molecule has 0 aromatic heterocycles. The molecule has 1 saturated heterocycles. The maximum absolute atomic E-state index is 11.8. The molecule has 1 amide bonds. The number of fused-ring (bicyclic) bond motifs is 1. The van der Waals surface area contributed by atoms with Crippen molar-refractivity contribution in [2.45, 2.75) is 32.7 Å². The molecular weight excluding hydrogens is 438 g/mol. The van der Waals surface area contributed by atoms with Crippen LogP contribution in [0.25, 0.3) is 0 Å². The molecule has 4 rings (SSSR count). The van der Waals surface area contributed by atoms with Crippen molar-refractivity contribution in [1.82, 2.24) is 9.80 Å². The summed E-state index contributed by atoms with van der Waals surface area (Å²) in [5.41, 5.74) is 3.77. The number of hydrogen-bond donors (Lipinski definition) is 0. The van der Waals surface area contributed by atoms with E-state index < -0.39 is 0 Å². The second-order valence-electron chi connectivity index (χ2n) is 8.81. The zero-order valence-corrected chi connectivity index (χ0v) is 20.8. The molecule has 1 unspecified atom stereocenters. The topological polar surface area (TPSA) is 45.3 Å². The molecule has 2 aromatic carbocycles. The van der Waals surface area contributed by atoms with Crippen molar-refractivity contribution < 1.29 is 14.3 Å². The van der Waals surface area contributed by atoms with Gasteiger partial charge in [-0.15, -0.1) is 12.4 Å². The van der Waals surface area contributed by atoms with E-state index in [1.54, 1.807) is 14.0 Å². The van der Waals surface area contributed by atoms with E-state index in [1.165, 1.54) is 11.1 Å². The standard InChI is InChI=1S/C26H35N3O3.ClH/c1-20(18-22-8-9-24-23(19-22)10-11-29(24)21(2)30)28-14-12-27(13-15-28)16-17-32-26-7-5-4-6-25(26)31-3;/h4-9,19-20H,10-18H2,1-3H3;1H. The quantitative estimate of drug-likeness (QED) is 0.585. The van der Waals surface area contributed by atoms with Gasteiger partial charge < -0.3 is 14.4 Å². The maximum atomic E-state index is 11.8. The van der Waals surface area contributed by atoms with E-state index in [9.17, 15) is 4.79 Å². The zero-order chi connectivity index (χ0) is 22.5. The number of amides is 1. The fraction of sp³-hybridized carbons (Fsp3) is 0.500. The number of ether oxygens (including phenoxy) is 2. The molecular formula is C26H36ClN3O3. The number of hydrogen-bond acceptors (Lipinski definition) is 5. The van der Waals surface area contributed by atoms with E-state index in [4.69, 9.17) is 9.47 Å². The molecule has 33 heavy (non-hydrogen) atoms. The number of methoxy groups -OCH3 is 1. The third kappa shape index (κ3) is 6.19. The van der Waals surface area contributed by atoms with Crippen LogP contribution < -0.4 is 14.4 Å². The van der Waals surface area contributed by atoms with Crippen molar-refractivity contribution in [1.29, 1.82) is 0 Å². The zero-order valence-electron chi connectivity index (χ0n) is 20.0. The first kappa shape index (κ1) is 25.3. The van der Waals surface area contributed by atoms with Gasteiger partial charge >= 0.3 is 0 Å². The summed E-state index contributed by atoms with van der Waals surface area (Å²) >= 11 is 0. The number of carbonyl (C=O) groups excluding carboxylic acids is 1. The summed E-state index contributed by atoms with van der Waals surface area (Å²) in [6.07, 6.45) is 2.01. The number of halogens is 1. The predicted molar refractivity (Wildman–Crippen MR) is 135 cm³/mol. The molecule has 6 nitrogen and oxygen atoms in total. The van der Waals surface area contributed by atoms with Gasteiger partial charge in [0, 0.05) is 57.9 Å².